The quantitative estimate of drug-likeness (QED) is 0.874. The van der Waals surface area contributed by atoms with Gasteiger partial charge in [0.1, 0.15) is 0 Å². The summed E-state index contributed by atoms with van der Waals surface area (Å²) in [5.74, 6) is 0.0945. The van der Waals surface area contributed by atoms with E-state index in [-0.39, 0.29) is 0 Å². The first-order chi connectivity index (χ1) is 9.05. The lowest BCUT2D eigenvalue weighted by atomic mass is 9.67. The molecule has 0 unspecified atom stereocenters. The van der Waals surface area contributed by atoms with Gasteiger partial charge in [-0.1, -0.05) is 41.4 Å². The van der Waals surface area contributed by atoms with Crippen LogP contribution in [0.4, 0.5) is 0 Å². The summed E-state index contributed by atoms with van der Waals surface area (Å²) in [4.78, 5) is 11.7. The van der Waals surface area contributed by atoms with Gasteiger partial charge < -0.3 is 5.11 Å². The van der Waals surface area contributed by atoms with Crippen LogP contribution in [-0.2, 0) is 11.2 Å². The van der Waals surface area contributed by atoms with Crippen molar-refractivity contribution in [2.75, 3.05) is 0 Å². The average Bonchev–Trinajstić information content (AvgIpc) is 2.39. The molecule has 1 aliphatic rings. The van der Waals surface area contributed by atoms with Crippen LogP contribution < -0.4 is 0 Å². The molecule has 2 rings (SSSR count). The highest BCUT2D eigenvalue weighted by Gasteiger charge is 2.41. The van der Waals surface area contributed by atoms with E-state index in [9.17, 15) is 9.90 Å². The molecule has 104 valence electrons. The molecule has 0 bridgehead atoms. The highest BCUT2D eigenvalue weighted by molar-refractivity contribution is 9.10. The predicted octanol–water partition coefficient (Wildman–Crippen LogP) is 4.66. The minimum absolute atomic E-state index is 0.549. The number of benzene rings is 1. The Bertz CT molecular complexity index is 448. The maximum atomic E-state index is 11.7. The molecule has 0 aromatic heterocycles. The maximum Gasteiger partial charge on any atom is 0.309 e. The summed E-state index contributed by atoms with van der Waals surface area (Å²) in [6, 6.07) is 8.02. The molecule has 1 aliphatic carbocycles. The number of carboxylic acids is 1. The lowest BCUT2D eigenvalue weighted by Gasteiger charge is -2.36. The molecule has 2 nitrogen and oxygen atoms in total. The van der Waals surface area contributed by atoms with E-state index in [1.165, 1.54) is 6.42 Å². The van der Waals surface area contributed by atoms with Crippen molar-refractivity contribution in [3.8, 4) is 0 Å². The van der Waals surface area contributed by atoms with Crippen LogP contribution in [0.2, 0.25) is 0 Å². The Balaban J connectivity index is 2.15. The van der Waals surface area contributed by atoms with E-state index in [2.05, 4.69) is 22.9 Å². The summed E-state index contributed by atoms with van der Waals surface area (Å²) in [6.45, 7) is 2.20. The number of carboxylic acid groups (broad SMARTS) is 1. The van der Waals surface area contributed by atoms with Gasteiger partial charge in [-0.2, -0.15) is 0 Å². The zero-order valence-electron chi connectivity index (χ0n) is 11.4. The van der Waals surface area contributed by atoms with Gasteiger partial charge in [-0.25, -0.2) is 0 Å². The van der Waals surface area contributed by atoms with Crippen LogP contribution in [0.3, 0.4) is 0 Å². The monoisotopic (exact) mass is 324 g/mol. The van der Waals surface area contributed by atoms with Crippen LogP contribution in [0.25, 0.3) is 0 Å². The normalized spacial score (nSPS) is 27.2. The second kappa shape index (κ2) is 6.08. The smallest absolute Gasteiger partial charge is 0.309 e. The molecule has 0 aliphatic heterocycles. The minimum atomic E-state index is -0.623. The van der Waals surface area contributed by atoms with Gasteiger partial charge in [0, 0.05) is 4.47 Å². The van der Waals surface area contributed by atoms with Gasteiger partial charge in [-0.15, -0.1) is 0 Å². The van der Waals surface area contributed by atoms with Gasteiger partial charge in [0.15, 0.2) is 0 Å². The first-order valence-electron chi connectivity index (χ1n) is 7.03. The molecular weight excluding hydrogens is 304 g/mol. The van der Waals surface area contributed by atoms with Crippen molar-refractivity contribution >= 4 is 21.9 Å². The molecular formula is C16H21BrO2. The van der Waals surface area contributed by atoms with E-state index in [1.54, 1.807) is 0 Å². The average molecular weight is 325 g/mol. The second-order valence-electron chi connectivity index (χ2n) is 5.74. The number of hydrogen-bond acceptors (Lipinski definition) is 1. The Labute approximate surface area is 123 Å². The zero-order chi connectivity index (χ0) is 13.9. The van der Waals surface area contributed by atoms with Gasteiger partial charge in [0.25, 0.3) is 0 Å². The maximum absolute atomic E-state index is 11.7. The molecule has 0 amide bonds. The zero-order valence-corrected chi connectivity index (χ0v) is 12.9. The summed E-state index contributed by atoms with van der Waals surface area (Å²) in [7, 11) is 0. The summed E-state index contributed by atoms with van der Waals surface area (Å²) in [5.41, 5.74) is 0.568. The lowest BCUT2D eigenvalue weighted by molar-refractivity contribution is -0.151. The van der Waals surface area contributed by atoms with Crippen molar-refractivity contribution in [3.63, 3.8) is 0 Å². The van der Waals surface area contributed by atoms with E-state index in [4.69, 9.17) is 0 Å². The molecule has 0 heterocycles. The molecule has 1 saturated carbocycles. The van der Waals surface area contributed by atoms with Gasteiger partial charge in [-0.05, 0) is 55.7 Å². The molecule has 1 N–H and O–H groups in total. The topological polar surface area (TPSA) is 37.3 Å². The van der Waals surface area contributed by atoms with E-state index < -0.39 is 11.4 Å². The first-order valence-corrected chi connectivity index (χ1v) is 7.83. The van der Waals surface area contributed by atoms with Crippen molar-refractivity contribution in [3.05, 3.63) is 34.3 Å². The molecule has 3 heteroatoms. The van der Waals surface area contributed by atoms with E-state index in [0.29, 0.717) is 6.42 Å². The lowest BCUT2D eigenvalue weighted by Crippen LogP contribution is -2.37. The molecule has 0 atom stereocenters. The third-order valence-corrected chi connectivity index (χ3v) is 5.02. The Morgan fingerprint density at radius 3 is 2.63 bits per heavy atom. The molecule has 19 heavy (non-hydrogen) atoms. The minimum Gasteiger partial charge on any atom is -0.481 e. The molecule has 0 spiro atoms. The third kappa shape index (κ3) is 3.38. The molecule has 1 aromatic carbocycles. The molecule has 1 aromatic rings. The van der Waals surface area contributed by atoms with Crippen molar-refractivity contribution in [2.24, 2.45) is 11.3 Å². The van der Waals surface area contributed by atoms with Crippen molar-refractivity contribution in [1.29, 1.82) is 0 Å². The SMILES string of the molecule is CCC1CCC(Cc2cccc(Br)c2)(C(=O)O)CC1. The van der Waals surface area contributed by atoms with Gasteiger partial charge in [-0.3, -0.25) is 4.79 Å². The van der Waals surface area contributed by atoms with Crippen LogP contribution in [0.15, 0.2) is 28.7 Å². The Morgan fingerprint density at radius 1 is 1.42 bits per heavy atom. The van der Waals surface area contributed by atoms with Gasteiger partial charge >= 0.3 is 5.97 Å². The van der Waals surface area contributed by atoms with Crippen LogP contribution in [0.1, 0.15) is 44.6 Å². The Hall–Kier alpha value is -0.830. The number of aliphatic carboxylic acids is 1. The van der Waals surface area contributed by atoms with E-state index in [0.717, 1.165) is 41.6 Å². The largest absolute Gasteiger partial charge is 0.481 e. The highest BCUT2D eigenvalue weighted by Crippen LogP contribution is 2.42. The van der Waals surface area contributed by atoms with E-state index in [1.807, 2.05) is 24.3 Å². The third-order valence-electron chi connectivity index (χ3n) is 4.52. The Morgan fingerprint density at radius 2 is 2.11 bits per heavy atom. The van der Waals surface area contributed by atoms with Crippen LogP contribution >= 0.6 is 15.9 Å². The molecule has 0 radical (unpaired) electrons. The van der Waals surface area contributed by atoms with Crippen molar-refractivity contribution in [1.82, 2.24) is 0 Å². The van der Waals surface area contributed by atoms with E-state index >= 15 is 0 Å². The summed E-state index contributed by atoms with van der Waals surface area (Å²) in [6.07, 6.45) is 5.55. The Kier molecular flexibility index (Phi) is 4.67. The van der Waals surface area contributed by atoms with Gasteiger partial charge in [0.05, 0.1) is 5.41 Å². The number of rotatable bonds is 4. The number of carbonyl (C=O) groups is 1. The fourth-order valence-electron chi connectivity index (χ4n) is 3.14. The summed E-state index contributed by atoms with van der Waals surface area (Å²) in [5, 5.41) is 9.67. The van der Waals surface area contributed by atoms with Crippen molar-refractivity contribution in [2.45, 2.75) is 45.4 Å². The van der Waals surface area contributed by atoms with Crippen molar-refractivity contribution < 1.29 is 9.90 Å². The highest BCUT2D eigenvalue weighted by atomic mass is 79.9. The molecule has 0 saturated heterocycles. The van der Waals surface area contributed by atoms with Crippen LogP contribution in [-0.4, -0.2) is 11.1 Å². The second-order valence-corrected chi connectivity index (χ2v) is 6.66. The number of hydrogen-bond donors (Lipinski definition) is 1. The van der Waals surface area contributed by atoms with Gasteiger partial charge in [0.2, 0.25) is 0 Å². The molecule has 1 fully saturated rings. The fourth-order valence-corrected chi connectivity index (χ4v) is 3.59. The first kappa shape index (κ1) is 14.6. The van der Waals surface area contributed by atoms with Crippen LogP contribution in [0, 0.1) is 11.3 Å². The number of halogens is 1. The summed E-state index contributed by atoms with van der Waals surface area (Å²) >= 11 is 3.45. The standard InChI is InChI=1S/C16H21BrO2/c1-2-12-6-8-16(9-7-12,15(18)19)11-13-4-3-5-14(17)10-13/h3-5,10,12H,2,6-9,11H2,1H3,(H,18,19). The predicted molar refractivity (Wildman–Crippen MR) is 80.2 cm³/mol. The summed E-state index contributed by atoms with van der Waals surface area (Å²) < 4.78 is 1.02. The van der Waals surface area contributed by atoms with Crippen LogP contribution in [0.5, 0.6) is 0 Å². The fraction of sp³-hybridized carbons (Fsp3) is 0.562.